The Balaban J connectivity index is 2.27. The number of hydrogen-bond acceptors (Lipinski definition) is 2. The fraction of sp³-hybridized carbons (Fsp3) is 0.538. The van der Waals surface area contributed by atoms with E-state index in [-0.39, 0.29) is 6.61 Å². The summed E-state index contributed by atoms with van der Waals surface area (Å²) in [6.45, 7) is 0.681. The van der Waals surface area contributed by atoms with Crippen LogP contribution in [0.2, 0.25) is 0 Å². The number of alkyl halides is 3. The molecule has 1 saturated heterocycles. The van der Waals surface area contributed by atoms with Gasteiger partial charge in [0.2, 0.25) is 0 Å². The standard InChI is InChI=1S/C13H16F3NO/c14-13(15,16)11-5-3-10(4-6-11)12(9-18)7-1-2-8-17-12/h3-6,17-18H,1-2,7-9H2. The van der Waals surface area contributed by atoms with Crippen LogP contribution in [-0.4, -0.2) is 18.3 Å². The van der Waals surface area contributed by atoms with Crippen molar-refractivity contribution < 1.29 is 18.3 Å². The lowest BCUT2D eigenvalue weighted by atomic mass is 9.82. The Hall–Kier alpha value is -1.07. The molecule has 0 spiro atoms. The predicted molar refractivity (Wildman–Crippen MR) is 62.1 cm³/mol. The molecule has 0 aromatic heterocycles. The molecule has 1 heterocycles. The first-order valence-electron chi connectivity index (χ1n) is 6.02. The van der Waals surface area contributed by atoms with Gasteiger partial charge in [0.15, 0.2) is 0 Å². The Bertz CT molecular complexity index is 394. The highest BCUT2D eigenvalue weighted by molar-refractivity contribution is 5.30. The van der Waals surface area contributed by atoms with Crippen molar-refractivity contribution in [1.29, 1.82) is 0 Å². The van der Waals surface area contributed by atoms with Crippen LogP contribution in [0.15, 0.2) is 24.3 Å². The zero-order valence-electron chi connectivity index (χ0n) is 9.93. The van der Waals surface area contributed by atoms with E-state index in [0.717, 1.165) is 43.5 Å². The molecule has 0 bridgehead atoms. The number of aliphatic hydroxyl groups is 1. The number of benzene rings is 1. The third-order valence-corrected chi connectivity index (χ3v) is 3.53. The van der Waals surface area contributed by atoms with E-state index in [1.54, 1.807) is 0 Å². The number of halogens is 3. The maximum atomic E-state index is 12.5. The Morgan fingerprint density at radius 2 is 1.83 bits per heavy atom. The average Bonchev–Trinajstić information content (AvgIpc) is 2.39. The van der Waals surface area contributed by atoms with Gasteiger partial charge < -0.3 is 10.4 Å². The van der Waals surface area contributed by atoms with Gasteiger partial charge in [0.1, 0.15) is 0 Å². The van der Waals surface area contributed by atoms with Crippen LogP contribution >= 0.6 is 0 Å². The first-order chi connectivity index (χ1) is 8.48. The second-order valence-electron chi connectivity index (χ2n) is 4.70. The molecule has 18 heavy (non-hydrogen) atoms. The molecule has 1 atom stereocenters. The van der Waals surface area contributed by atoms with E-state index in [4.69, 9.17) is 0 Å². The predicted octanol–water partition coefficient (Wildman–Crippen LogP) is 2.67. The molecule has 0 aliphatic carbocycles. The van der Waals surface area contributed by atoms with E-state index in [2.05, 4.69) is 5.32 Å². The quantitative estimate of drug-likeness (QED) is 0.855. The van der Waals surface area contributed by atoms with E-state index in [0.29, 0.717) is 0 Å². The molecular weight excluding hydrogens is 243 g/mol. The van der Waals surface area contributed by atoms with E-state index in [1.807, 2.05) is 0 Å². The number of rotatable bonds is 2. The van der Waals surface area contributed by atoms with Gasteiger partial charge in [-0.3, -0.25) is 0 Å². The smallest absolute Gasteiger partial charge is 0.394 e. The van der Waals surface area contributed by atoms with Gasteiger partial charge in [0, 0.05) is 0 Å². The molecular formula is C13H16F3NO. The molecule has 5 heteroatoms. The number of piperidine rings is 1. The maximum Gasteiger partial charge on any atom is 0.416 e. The minimum atomic E-state index is -4.31. The average molecular weight is 259 g/mol. The minimum absolute atomic E-state index is 0.0988. The zero-order chi connectivity index (χ0) is 13.2. The second kappa shape index (κ2) is 4.90. The molecule has 0 amide bonds. The van der Waals surface area contributed by atoms with Gasteiger partial charge in [-0.25, -0.2) is 0 Å². The molecule has 1 aromatic rings. The molecule has 2 rings (SSSR count). The topological polar surface area (TPSA) is 32.3 Å². The Morgan fingerprint density at radius 3 is 2.28 bits per heavy atom. The largest absolute Gasteiger partial charge is 0.416 e. The van der Waals surface area contributed by atoms with Crippen LogP contribution in [-0.2, 0) is 11.7 Å². The lowest BCUT2D eigenvalue weighted by molar-refractivity contribution is -0.137. The second-order valence-corrected chi connectivity index (χ2v) is 4.70. The van der Waals surface area contributed by atoms with E-state index >= 15 is 0 Å². The summed E-state index contributed by atoms with van der Waals surface area (Å²) >= 11 is 0. The first kappa shape index (κ1) is 13.4. The molecule has 1 fully saturated rings. The van der Waals surface area contributed by atoms with Crippen LogP contribution < -0.4 is 5.32 Å². The molecule has 1 aliphatic rings. The van der Waals surface area contributed by atoms with Crippen molar-refractivity contribution in [3.05, 3.63) is 35.4 Å². The lowest BCUT2D eigenvalue weighted by Gasteiger charge is -2.37. The van der Waals surface area contributed by atoms with Crippen LogP contribution in [0, 0.1) is 0 Å². The molecule has 100 valence electrons. The number of nitrogens with one attached hydrogen (secondary N) is 1. The van der Waals surface area contributed by atoms with Gasteiger partial charge in [-0.05, 0) is 43.5 Å². The van der Waals surface area contributed by atoms with Crippen LogP contribution in [0.1, 0.15) is 30.4 Å². The third-order valence-electron chi connectivity index (χ3n) is 3.53. The van der Waals surface area contributed by atoms with Crippen molar-refractivity contribution in [3.8, 4) is 0 Å². The molecule has 1 aromatic carbocycles. The van der Waals surface area contributed by atoms with Gasteiger partial charge in [0.05, 0.1) is 17.7 Å². The molecule has 0 radical (unpaired) electrons. The summed E-state index contributed by atoms with van der Waals surface area (Å²) in [6.07, 6.45) is -1.57. The Kier molecular flexibility index (Phi) is 3.64. The van der Waals surface area contributed by atoms with E-state index in [9.17, 15) is 18.3 Å². The molecule has 2 N–H and O–H groups in total. The summed E-state index contributed by atoms with van der Waals surface area (Å²) in [5, 5.41) is 12.8. The summed E-state index contributed by atoms with van der Waals surface area (Å²) in [7, 11) is 0. The summed E-state index contributed by atoms with van der Waals surface area (Å²) < 4.78 is 37.4. The van der Waals surface area contributed by atoms with Gasteiger partial charge in [-0.2, -0.15) is 13.2 Å². The van der Waals surface area contributed by atoms with Crippen molar-refractivity contribution in [2.45, 2.75) is 31.0 Å². The fourth-order valence-corrected chi connectivity index (χ4v) is 2.42. The van der Waals surface area contributed by atoms with Crippen molar-refractivity contribution in [2.75, 3.05) is 13.2 Å². The van der Waals surface area contributed by atoms with Crippen LogP contribution in [0.4, 0.5) is 13.2 Å². The lowest BCUT2D eigenvalue weighted by Crippen LogP contribution is -2.48. The summed E-state index contributed by atoms with van der Waals surface area (Å²) in [6, 6.07) is 5.06. The highest BCUT2D eigenvalue weighted by Gasteiger charge is 2.35. The summed E-state index contributed by atoms with van der Waals surface area (Å²) in [5.41, 5.74) is -0.518. The molecule has 2 nitrogen and oxygen atoms in total. The van der Waals surface area contributed by atoms with Crippen molar-refractivity contribution in [2.24, 2.45) is 0 Å². The zero-order valence-corrected chi connectivity index (χ0v) is 9.93. The summed E-state index contributed by atoms with van der Waals surface area (Å²) in [5.74, 6) is 0. The highest BCUT2D eigenvalue weighted by atomic mass is 19.4. The minimum Gasteiger partial charge on any atom is -0.394 e. The monoisotopic (exact) mass is 259 g/mol. The Labute approximate surface area is 104 Å². The number of aliphatic hydroxyl groups excluding tert-OH is 1. The van der Waals surface area contributed by atoms with Crippen LogP contribution in [0.3, 0.4) is 0 Å². The molecule has 1 unspecified atom stereocenters. The van der Waals surface area contributed by atoms with Crippen LogP contribution in [0.5, 0.6) is 0 Å². The normalized spacial score (nSPS) is 25.1. The van der Waals surface area contributed by atoms with Crippen molar-refractivity contribution >= 4 is 0 Å². The van der Waals surface area contributed by atoms with Crippen molar-refractivity contribution in [3.63, 3.8) is 0 Å². The first-order valence-corrected chi connectivity index (χ1v) is 6.02. The van der Waals surface area contributed by atoms with Crippen LogP contribution in [0.25, 0.3) is 0 Å². The number of hydrogen-bond donors (Lipinski definition) is 2. The van der Waals surface area contributed by atoms with Gasteiger partial charge in [0.25, 0.3) is 0 Å². The third kappa shape index (κ3) is 2.52. The summed E-state index contributed by atoms with van der Waals surface area (Å²) in [4.78, 5) is 0. The molecule has 0 saturated carbocycles. The Morgan fingerprint density at radius 1 is 1.17 bits per heavy atom. The maximum absolute atomic E-state index is 12.5. The van der Waals surface area contributed by atoms with Gasteiger partial charge >= 0.3 is 6.18 Å². The molecule has 1 aliphatic heterocycles. The van der Waals surface area contributed by atoms with Crippen molar-refractivity contribution in [1.82, 2.24) is 5.32 Å². The van der Waals surface area contributed by atoms with Gasteiger partial charge in [-0.15, -0.1) is 0 Å². The highest BCUT2D eigenvalue weighted by Crippen LogP contribution is 2.33. The van der Waals surface area contributed by atoms with Gasteiger partial charge in [-0.1, -0.05) is 12.1 Å². The SMILES string of the molecule is OCC1(c2ccc(C(F)(F)F)cc2)CCCCN1. The van der Waals surface area contributed by atoms with E-state index in [1.165, 1.54) is 12.1 Å². The van der Waals surface area contributed by atoms with E-state index < -0.39 is 17.3 Å². The fourth-order valence-electron chi connectivity index (χ4n) is 2.42.